The van der Waals surface area contributed by atoms with Crippen molar-refractivity contribution in [3.63, 3.8) is 0 Å². The summed E-state index contributed by atoms with van der Waals surface area (Å²) in [4.78, 5) is 27.3. The highest BCUT2D eigenvalue weighted by Gasteiger charge is 2.07. The molecule has 21 heavy (non-hydrogen) atoms. The van der Waals surface area contributed by atoms with Crippen LogP contribution in [0, 0.1) is 0 Å². The van der Waals surface area contributed by atoms with Gasteiger partial charge in [0.1, 0.15) is 5.82 Å². The maximum absolute atomic E-state index is 12.0. The minimum atomic E-state index is -0.274. The Morgan fingerprint density at radius 3 is 2.38 bits per heavy atom. The van der Waals surface area contributed by atoms with Crippen LogP contribution in [0.4, 0.5) is 11.5 Å². The van der Waals surface area contributed by atoms with Crippen LogP contribution in [0.5, 0.6) is 0 Å². The third kappa shape index (κ3) is 4.29. The second kappa shape index (κ2) is 6.85. The highest BCUT2D eigenvalue weighted by atomic mass is 35.5. The van der Waals surface area contributed by atoms with Crippen LogP contribution in [0.1, 0.15) is 23.7 Å². The van der Waals surface area contributed by atoms with Gasteiger partial charge in [-0.1, -0.05) is 18.5 Å². The molecule has 1 aromatic carbocycles. The van der Waals surface area contributed by atoms with Gasteiger partial charge in [-0.3, -0.25) is 9.59 Å². The summed E-state index contributed by atoms with van der Waals surface area (Å²) in [5.41, 5.74) is 1.08. The number of amides is 2. The molecule has 0 aliphatic rings. The van der Waals surface area contributed by atoms with Crippen molar-refractivity contribution >= 4 is 34.9 Å². The predicted molar refractivity (Wildman–Crippen MR) is 82.6 cm³/mol. The Morgan fingerprint density at radius 2 is 1.81 bits per heavy atom. The zero-order valence-electron chi connectivity index (χ0n) is 11.4. The summed E-state index contributed by atoms with van der Waals surface area (Å²) in [5, 5.41) is 5.92. The Morgan fingerprint density at radius 1 is 1.10 bits per heavy atom. The lowest BCUT2D eigenvalue weighted by Gasteiger charge is -2.06. The van der Waals surface area contributed by atoms with Crippen LogP contribution in [0.25, 0.3) is 0 Å². The third-order valence-corrected chi connectivity index (χ3v) is 2.97. The maximum atomic E-state index is 12.0. The minimum Gasteiger partial charge on any atom is -0.325 e. The lowest BCUT2D eigenvalue weighted by atomic mass is 10.2. The summed E-state index contributed by atoms with van der Waals surface area (Å²) in [6.45, 7) is 1.77. The molecule has 0 aliphatic heterocycles. The fourth-order valence-electron chi connectivity index (χ4n) is 1.58. The number of nitrogens with one attached hydrogen (secondary N) is 2. The molecule has 0 atom stereocenters. The standard InChI is InChI=1S/C15H14ClN3O2/c1-2-14(20)18-12-7-8-13(17-9-12)19-15(21)10-3-5-11(16)6-4-10/h3-9H,2H2,1H3,(H,18,20)(H,17,19,21). The second-order valence-corrected chi connectivity index (χ2v) is 4.73. The van der Waals surface area contributed by atoms with E-state index in [9.17, 15) is 9.59 Å². The number of hydrogen-bond acceptors (Lipinski definition) is 3. The summed E-state index contributed by atoms with van der Waals surface area (Å²) in [6, 6.07) is 9.86. The topological polar surface area (TPSA) is 71.1 Å². The van der Waals surface area contributed by atoms with Crippen LogP contribution in [-0.2, 0) is 4.79 Å². The second-order valence-electron chi connectivity index (χ2n) is 4.29. The van der Waals surface area contributed by atoms with E-state index in [4.69, 9.17) is 11.6 Å². The lowest BCUT2D eigenvalue weighted by molar-refractivity contribution is -0.115. The van der Waals surface area contributed by atoms with E-state index < -0.39 is 0 Å². The Bertz CT molecular complexity index is 639. The monoisotopic (exact) mass is 303 g/mol. The van der Waals surface area contributed by atoms with Crippen LogP contribution in [0.3, 0.4) is 0 Å². The minimum absolute atomic E-state index is 0.0882. The number of anilines is 2. The number of aromatic nitrogens is 1. The van der Waals surface area contributed by atoms with Crippen molar-refractivity contribution in [2.24, 2.45) is 0 Å². The van der Waals surface area contributed by atoms with Gasteiger partial charge < -0.3 is 10.6 Å². The van der Waals surface area contributed by atoms with Crippen molar-refractivity contribution in [1.82, 2.24) is 4.98 Å². The molecule has 0 spiro atoms. The molecule has 0 saturated heterocycles. The molecule has 0 bridgehead atoms. The van der Waals surface area contributed by atoms with Gasteiger partial charge in [-0.2, -0.15) is 0 Å². The molecule has 1 heterocycles. The van der Waals surface area contributed by atoms with Crippen molar-refractivity contribution in [2.75, 3.05) is 10.6 Å². The fourth-order valence-corrected chi connectivity index (χ4v) is 1.71. The van der Waals surface area contributed by atoms with Gasteiger partial charge in [0.15, 0.2) is 0 Å². The zero-order chi connectivity index (χ0) is 15.2. The molecule has 0 saturated carbocycles. The maximum Gasteiger partial charge on any atom is 0.256 e. The highest BCUT2D eigenvalue weighted by molar-refractivity contribution is 6.30. The summed E-state index contributed by atoms with van der Waals surface area (Å²) in [6.07, 6.45) is 1.89. The van der Waals surface area contributed by atoms with Gasteiger partial charge in [-0.05, 0) is 36.4 Å². The Balaban J connectivity index is 2.01. The first-order valence-electron chi connectivity index (χ1n) is 6.41. The van der Waals surface area contributed by atoms with E-state index in [1.165, 1.54) is 6.20 Å². The number of hydrogen-bond donors (Lipinski definition) is 2. The van der Waals surface area contributed by atoms with Gasteiger partial charge in [0.2, 0.25) is 5.91 Å². The quantitative estimate of drug-likeness (QED) is 0.910. The van der Waals surface area contributed by atoms with E-state index in [1.807, 2.05) is 0 Å². The smallest absolute Gasteiger partial charge is 0.256 e. The molecule has 2 amide bonds. The van der Waals surface area contributed by atoms with E-state index in [0.29, 0.717) is 28.5 Å². The fraction of sp³-hybridized carbons (Fsp3) is 0.133. The molecule has 2 rings (SSSR count). The molecule has 1 aromatic heterocycles. The molecule has 6 heteroatoms. The van der Waals surface area contributed by atoms with Gasteiger partial charge in [-0.25, -0.2) is 4.98 Å². The van der Waals surface area contributed by atoms with Gasteiger partial charge in [0.05, 0.1) is 11.9 Å². The normalized spacial score (nSPS) is 10.0. The van der Waals surface area contributed by atoms with Crippen molar-refractivity contribution in [1.29, 1.82) is 0 Å². The van der Waals surface area contributed by atoms with Crippen LogP contribution in [0.2, 0.25) is 5.02 Å². The zero-order valence-corrected chi connectivity index (χ0v) is 12.1. The molecule has 5 nitrogen and oxygen atoms in total. The molecular formula is C15H14ClN3O2. The molecule has 0 unspecified atom stereocenters. The van der Waals surface area contributed by atoms with Crippen molar-refractivity contribution in [2.45, 2.75) is 13.3 Å². The number of carbonyl (C=O) groups excluding carboxylic acids is 2. The molecule has 0 fully saturated rings. The lowest BCUT2D eigenvalue weighted by Crippen LogP contribution is -2.13. The molecule has 0 radical (unpaired) electrons. The Labute approximate surface area is 127 Å². The van der Waals surface area contributed by atoms with Crippen LogP contribution < -0.4 is 10.6 Å². The van der Waals surface area contributed by atoms with Crippen molar-refractivity contribution in [3.8, 4) is 0 Å². The highest BCUT2D eigenvalue weighted by Crippen LogP contribution is 2.13. The largest absolute Gasteiger partial charge is 0.325 e. The van der Waals surface area contributed by atoms with E-state index in [-0.39, 0.29) is 11.8 Å². The number of halogens is 1. The Hall–Kier alpha value is -2.40. The summed E-state index contributed by atoms with van der Waals surface area (Å²) < 4.78 is 0. The summed E-state index contributed by atoms with van der Waals surface area (Å²) >= 11 is 5.77. The molecule has 0 aliphatic carbocycles. The molecule has 2 N–H and O–H groups in total. The van der Waals surface area contributed by atoms with Crippen LogP contribution in [0.15, 0.2) is 42.6 Å². The average Bonchev–Trinajstić information content (AvgIpc) is 2.49. The third-order valence-electron chi connectivity index (χ3n) is 2.72. The van der Waals surface area contributed by atoms with Crippen molar-refractivity contribution < 1.29 is 9.59 Å². The van der Waals surface area contributed by atoms with Gasteiger partial charge in [0, 0.05) is 17.0 Å². The number of carbonyl (C=O) groups is 2. The average molecular weight is 304 g/mol. The molecular weight excluding hydrogens is 290 g/mol. The first-order chi connectivity index (χ1) is 10.1. The molecule has 108 valence electrons. The number of rotatable bonds is 4. The van der Waals surface area contributed by atoms with Gasteiger partial charge in [-0.15, -0.1) is 0 Å². The van der Waals surface area contributed by atoms with E-state index in [1.54, 1.807) is 43.3 Å². The number of pyridine rings is 1. The summed E-state index contributed by atoms with van der Waals surface area (Å²) in [5.74, 6) is 0.0451. The van der Waals surface area contributed by atoms with Crippen molar-refractivity contribution in [3.05, 3.63) is 53.2 Å². The predicted octanol–water partition coefficient (Wildman–Crippen LogP) is 3.34. The van der Waals surface area contributed by atoms with Crippen LogP contribution >= 0.6 is 11.6 Å². The first-order valence-corrected chi connectivity index (χ1v) is 6.79. The first kappa shape index (κ1) is 15.0. The molecule has 2 aromatic rings. The Kier molecular flexibility index (Phi) is 4.90. The van der Waals surface area contributed by atoms with Crippen LogP contribution in [-0.4, -0.2) is 16.8 Å². The van der Waals surface area contributed by atoms with E-state index >= 15 is 0 Å². The SMILES string of the molecule is CCC(=O)Nc1ccc(NC(=O)c2ccc(Cl)cc2)nc1. The van der Waals surface area contributed by atoms with Gasteiger partial charge >= 0.3 is 0 Å². The van der Waals surface area contributed by atoms with E-state index in [2.05, 4.69) is 15.6 Å². The summed E-state index contributed by atoms with van der Waals surface area (Å²) in [7, 11) is 0. The van der Waals surface area contributed by atoms with Gasteiger partial charge in [0.25, 0.3) is 5.91 Å². The van der Waals surface area contributed by atoms with E-state index in [0.717, 1.165) is 0 Å². The number of benzene rings is 1. The number of nitrogens with zero attached hydrogens (tertiary/aromatic N) is 1.